The zero-order chi connectivity index (χ0) is 14.5. The standard InChI is InChI=1S/C13H12FN5O/c1-2-20-13-11(16)12(17-7-18-13)19-10-4-3-8(6-15)5-9(10)14/h3-5,7H,2,16H2,1H3,(H,17,18,19). The Kier molecular flexibility index (Phi) is 3.96. The van der Waals surface area contributed by atoms with Gasteiger partial charge >= 0.3 is 0 Å². The van der Waals surface area contributed by atoms with Crippen molar-refractivity contribution in [2.75, 3.05) is 17.7 Å². The number of hydrogen-bond acceptors (Lipinski definition) is 6. The second-order valence-corrected chi connectivity index (χ2v) is 3.81. The number of hydrogen-bond donors (Lipinski definition) is 2. The molecular weight excluding hydrogens is 261 g/mol. The molecule has 7 heteroatoms. The monoisotopic (exact) mass is 273 g/mol. The fraction of sp³-hybridized carbons (Fsp3) is 0.154. The summed E-state index contributed by atoms with van der Waals surface area (Å²) in [4.78, 5) is 7.83. The van der Waals surface area contributed by atoms with Crippen LogP contribution in [0.2, 0.25) is 0 Å². The first-order valence-electron chi connectivity index (χ1n) is 5.85. The predicted octanol–water partition coefficient (Wildman–Crippen LogP) is 2.21. The predicted molar refractivity (Wildman–Crippen MR) is 72.0 cm³/mol. The summed E-state index contributed by atoms with van der Waals surface area (Å²) in [5.41, 5.74) is 6.43. The summed E-state index contributed by atoms with van der Waals surface area (Å²) in [5.74, 6) is -0.0915. The van der Waals surface area contributed by atoms with E-state index < -0.39 is 5.82 Å². The molecule has 0 aliphatic rings. The Hall–Kier alpha value is -2.88. The number of aromatic nitrogens is 2. The maximum Gasteiger partial charge on any atom is 0.242 e. The lowest BCUT2D eigenvalue weighted by Crippen LogP contribution is -2.05. The minimum atomic E-state index is -0.569. The van der Waals surface area contributed by atoms with Crippen molar-refractivity contribution in [3.8, 4) is 11.9 Å². The first-order chi connectivity index (χ1) is 9.65. The van der Waals surface area contributed by atoms with E-state index in [0.717, 1.165) is 6.07 Å². The molecule has 0 atom stereocenters. The molecule has 0 saturated heterocycles. The zero-order valence-corrected chi connectivity index (χ0v) is 10.7. The molecular formula is C13H12FN5O. The van der Waals surface area contributed by atoms with Gasteiger partial charge in [0.2, 0.25) is 5.88 Å². The third-order valence-corrected chi connectivity index (χ3v) is 2.48. The van der Waals surface area contributed by atoms with Crippen LogP contribution < -0.4 is 15.8 Å². The van der Waals surface area contributed by atoms with Crippen molar-refractivity contribution in [3.05, 3.63) is 35.9 Å². The van der Waals surface area contributed by atoms with E-state index in [1.807, 2.05) is 6.07 Å². The van der Waals surface area contributed by atoms with E-state index in [9.17, 15) is 4.39 Å². The van der Waals surface area contributed by atoms with Crippen LogP contribution in [0.5, 0.6) is 5.88 Å². The highest BCUT2D eigenvalue weighted by molar-refractivity contribution is 5.72. The minimum absolute atomic E-state index is 0.164. The van der Waals surface area contributed by atoms with Gasteiger partial charge in [0.05, 0.1) is 23.9 Å². The molecule has 0 aliphatic heterocycles. The van der Waals surface area contributed by atoms with Gasteiger partial charge in [0.25, 0.3) is 0 Å². The van der Waals surface area contributed by atoms with Crippen LogP contribution in [-0.4, -0.2) is 16.6 Å². The van der Waals surface area contributed by atoms with E-state index in [1.54, 1.807) is 6.92 Å². The smallest absolute Gasteiger partial charge is 0.242 e. The van der Waals surface area contributed by atoms with E-state index in [0.29, 0.717) is 6.61 Å². The Morgan fingerprint density at radius 1 is 1.45 bits per heavy atom. The zero-order valence-electron chi connectivity index (χ0n) is 10.7. The molecule has 0 saturated carbocycles. The average Bonchev–Trinajstić information content (AvgIpc) is 2.45. The Bertz CT molecular complexity index is 668. The summed E-state index contributed by atoms with van der Waals surface area (Å²) in [6, 6.07) is 5.92. The van der Waals surface area contributed by atoms with Crippen LogP contribution >= 0.6 is 0 Å². The van der Waals surface area contributed by atoms with Crippen LogP contribution in [0.4, 0.5) is 21.6 Å². The fourth-order valence-corrected chi connectivity index (χ4v) is 1.54. The number of nitrogens with one attached hydrogen (secondary N) is 1. The van der Waals surface area contributed by atoms with Crippen LogP contribution in [0.1, 0.15) is 12.5 Å². The van der Waals surface area contributed by atoms with Gasteiger partial charge in [-0.15, -0.1) is 0 Å². The Balaban J connectivity index is 2.31. The number of nitrogens with zero attached hydrogens (tertiary/aromatic N) is 3. The summed E-state index contributed by atoms with van der Waals surface area (Å²) < 4.78 is 19.0. The van der Waals surface area contributed by atoms with Gasteiger partial charge in [0, 0.05) is 0 Å². The van der Waals surface area contributed by atoms with Gasteiger partial charge in [0.15, 0.2) is 5.82 Å². The molecule has 2 rings (SSSR count). The highest BCUT2D eigenvalue weighted by Crippen LogP contribution is 2.28. The van der Waals surface area contributed by atoms with Crippen molar-refractivity contribution in [1.29, 1.82) is 5.26 Å². The van der Waals surface area contributed by atoms with E-state index in [2.05, 4.69) is 15.3 Å². The Labute approximate surface area is 115 Å². The van der Waals surface area contributed by atoms with Gasteiger partial charge in [-0.3, -0.25) is 0 Å². The van der Waals surface area contributed by atoms with Crippen molar-refractivity contribution in [1.82, 2.24) is 9.97 Å². The van der Waals surface area contributed by atoms with Crippen LogP contribution in [0.15, 0.2) is 24.5 Å². The molecule has 0 aliphatic carbocycles. The summed E-state index contributed by atoms with van der Waals surface area (Å²) in [5, 5.41) is 11.4. The molecule has 102 valence electrons. The highest BCUT2D eigenvalue weighted by atomic mass is 19.1. The molecule has 1 aromatic carbocycles. The van der Waals surface area contributed by atoms with Crippen molar-refractivity contribution in [2.45, 2.75) is 6.92 Å². The molecule has 3 N–H and O–H groups in total. The van der Waals surface area contributed by atoms with Crippen LogP contribution in [-0.2, 0) is 0 Å². The third kappa shape index (κ3) is 2.75. The van der Waals surface area contributed by atoms with E-state index >= 15 is 0 Å². The molecule has 1 heterocycles. The number of nitrogens with two attached hydrogens (primary N) is 1. The van der Waals surface area contributed by atoms with Crippen LogP contribution in [0, 0.1) is 17.1 Å². The molecule has 6 nitrogen and oxygen atoms in total. The molecule has 0 spiro atoms. The molecule has 20 heavy (non-hydrogen) atoms. The van der Waals surface area contributed by atoms with Gasteiger partial charge in [-0.05, 0) is 25.1 Å². The maximum atomic E-state index is 13.8. The van der Waals surface area contributed by atoms with Gasteiger partial charge < -0.3 is 15.8 Å². The van der Waals surface area contributed by atoms with Crippen LogP contribution in [0.25, 0.3) is 0 Å². The van der Waals surface area contributed by atoms with Crippen molar-refractivity contribution < 1.29 is 9.13 Å². The largest absolute Gasteiger partial charge is 0.476 e. The number of ether oxygens (including phenoxy) is 1. The van der Waals surface area contributed by atoms with E-state index in [-0.39, 0.29) is 28.6 Å². The van der Waals surface area contributed by atoms with Gasteiger partial charge in [-0.2, -0.15) is 10.2 Å². The molecule has 0 radical (unpaired) electrons. The van der Waals surface area contributed by atoms with E-state index in [1.165, 1.54) is 18.5 Å². The topological polar surface area (TPSA) is 96.9 Å². The van der Waals surface area contributed by atoms with Crippen molar-refractivity contribution in [2.24, 2.45) is 0 Å². The average molecular weight is 273 g/mol. The number of halogens is 1. The fourth-order valence-electron chi connectivity index (χ4n) is 1.54. The molecule has 1 aromatic heterocycles. The quantitative estimate of drug-likeness (QED) is 0.886. The Morgan fingerprint density at radius 3 is 2.90 bits per heavy atom. The second-order valence-electron chi connectivity index (χ2n) is 3.81. The number of benzene rings is 1. The first-order valence-corrected chi connectivity index (χ1v) is 5.85. The molecule has 2 aromatic rings. The lowest BCUT2D eigenvalue weighted by atomic mass is 10.2. The maximum absolute atomic E-state index is 13.8. The van der Waals surface area contributed by atoms with Crippen molar-refractivity contribution in [3.63, 3.8) is 0 Å². The lowest BCUT2D eigenvalue weighted by molar-refractivity contribution is 0.328. The van der Waals surface area contributed by atoms with Crippen LogP contribution in [0.3, 0.4) is 0 Å². The van der Waals surface area contributed by atoms with E-state index in [4.69, 9.17) is 15.7 Å². The highest BCUT2D eigenvalue weighted by Gasteiger charge is 2.11. The molecule has 0 amide bonds. The summed E-state index contributed by atoms with van der Waals surface area (Å²) >= 11 is 0. The number of nitriles is 1. The lowest BCUT2D eigenvalue weighted by Gasteiger charge is -2.11. The Morgan fingerprint density at radius 2 is 2.25 bits per heavy atom. The van der Waals surface area contributed by atoms with Crippen molar-refractivity contribution >= 4 is 17.2 Å². The minimum Gasteiger partial charge on any atom is -0.476 e. The van der Waals surface area contributed by atoms with Gasteiger partial charge in [-0.25, -0.2) is 9.37 Å². The summed E-state index contributed by atoms with van der Waals surface area (Å²) in [7, 11) is 0. The number of rotatable bonds is 4. The molecule has 0 fully saturated rings. The SMILES string of the molecule is CCOc1ncnc(Nc2ccc(C#N)cc2F)c1N. The summed E-state index contributed by atoms with van der Waals surface area (Å²) in [6.07, 6.45) is 1.27. The third-order valence-electron chi connectivity index (χ3n) is 2.48. The van der Waals surface area contributed by atoms with Gasteiger partial charge in [-0.1, -0.05) is 0 Å². The van der Waals surface area contributed by atoms with Gasteiger partial charge in [0.1, 0.15) is 17.8 Å². The second kappa shape index (κ2) is 5.84. The summed E-state index contributed by atoms with van der Waals surface area (Å²) in [6.45, 7) is 2.21. The first kappa shape index (κ1) is 13.5. The normalized spacial score (nSPS) is 9.85. The number of nitrogen functional groups attached to an aromatic ring is 1. The molecule has 0 bridgehead atoms. The number of anilines is 3. The molecule has 0 unspecified atom stereocenters.